The van der Waals surface area contributed by atoms with E-state index in [0.717, 1.165) is 6.42 Å². The van der Waals surface area contributed by atoms with Gasteiger partial charge in [-0.3, -0.25) is 0 Å². The standard InChI is InChI=1S/C25H20/c1-2-17-14-15-23-20(17)12-7-13-24(23)25-21-10-5-3-8-18(21)16-19-9-4-6-11-22(19)25/h3-17H,2H2,1H3. The molecule has 0 aliphatic heterocycles. The number of hydrogen-bond acceptors (Lipinski definition) is 0. The molecule has 0 heterocycles. The molecule has 4 aromatic rings. The molecule has 0 spiro atoms. The van der Waals surface area contributed by atoms with Crippen LogP contribution < -0.4 is 0 Å². The highest BCUT2D eigenvalue weighted by Crippen LogP contribution is 2.43. The molecular weight excluding hydrogens is 300 g/mol. The van der Waals surface area contributed by atoms with Crippen LogP contribution in [0.5, 0.6) is 0 Å². The van der Waals surface area contributed by atoms with Crippen molar-refractivity contribution in [2.45, 2.75) is 19.3 Å². The number of hydrogen-bond donors (Lipinski definition) is 0. The highest BCUT2D eigenvalue weighted by molar-refractivity contribution is 6.13. The zero-order valence-corrected chi connectivity index (χ0v) is 14.4. The Morgan fingerprint density at radius 3 is 2.12 bits per heavy atom. The third-order valence-corrected chi connectivity index (χ3v) is 5.51. The summed E-state index contributed by atoms with van der Waals surface area (Å²) in [6, 6.07) is 26.6. The maximum Gasteiger partial charge on any atom is 0.00248 e. The van der Waals surface area contributed by atoms with Gasteiger partial charge in [-0.05, 0) is 56.3 Å². The Labute approximate surface area is 148 Å². The lowest BCUT2D eigenvalue weighted by Crippen LogP contribution is -1.94. The minimum absolute atomic E-state index is 0.552. The summed E-state index contributed by atoms with van der Waals surface area (Å²) in [5.41, 5.74) is 5.59. The normalized spacial score (nSPS) is 15.8. The molecule has 1 unspecified atom stereocenters. The highest BCUT2D eigenvalue weighted by Gasteiger charge is 2.20. The number of allylic oxidation sites excluding steroid dienone is 1. The van der Waals surface area contributed by atoms with Crippen LogP contribution in [0, 0.1) is 0 Å². The van der Waals surface area contributed by atoms with Crippen molar-refractivity contribution in [1.82, 2.24) is 0 Å². The zero-order valence-electron chi connectivity index (χ0n) is 14.4. The minimum Gasteiger partial charge on any atom is -0.0764 e. The van der Waals surface area contributed by atoms with E-state index < -0.39 is 0 Å². The van der Waals surface area contributed by atoms with E-state index in [1.807, 2.05) is 0 Å². The summed E-state index contributed by atoms with van der Waals surface area (Å²) >= 11 is 0. The summed E-state index contributed by atoms with van der Waals surface area (Å²) in [6.45, 7) is 2.27. The Bertz CT molecular complexity index is 1080. The van der Waals surface area contributed by atoms with Crippen molar-refractivity contribution >= 4 is 27.6 Å². The van der Waals surface area contributed by atoms with E-state index in [0.29, 0.717) is 5.92 Å². The van der Waals surface area contributed by atoms with Gasteiger partial charge in [0, 0.05) is 5.92 Å². The fourth-order valence-electron chi connectivity index (χ4n) is 4.29. The number of benzene rings is 4. The van der Waals surface area contributed by atoms with Crippen LogP contribution in [-0.4, -0.2) is 0 Å². The summed E-state index contributed by atoms with van der Waals surface area (Å²) in [5.74, 6) is 0.552. The number of rotatable bonds is 2. The Morgan fingerprint density at radius 2 is 1.44 bits per heavy atom. The maximum absolute atomic E-state index is 2.36. The molecule has 0 aromatic heterocycles. The van der Waals surface area contributed by atoms with Gasteiger partial charge in [-0.2, -0.15) is 0 Å². The van der Waals surface area contributed by atoms with Gasteiger partial charge < -0.3 is 0 Å². The minimum atomic E-state index is 0.552. The largest absolute Gasteiger partial charge is 0.0764 e. The Hall–Kier alpha value is -2.86. The molecule has 0 radical (unpaired) electrons. The summed E-state index contributed by atoms with van der Waals surface area (Å²) in [4.78, 5) is 0. The quantitative estimate of drug-likeness (QED) is 0.343. The van der Waals surface area contributed by atoms with Gasteiger partial charge >= 0.3 is 0 Å². The first-order valence-corrected chi connectivity index (χ1v) is 9.09. The summed E-state index contributed by atoms with van der Waals surface area (Å²) in [5, 5.41) is 5.29. The number of fused-ring (bicyclic) bond motifs is 3. The molecule has 0 bridgehead atoms. The molecule has 1 atom stereocenters. The van der Waals surface area contributed by atoms with Crippen LogP contribution in [-0.2, 0) is 0 Å². The van der Waals surface area contributed by atoms with E-state index in [9.17, 15) is 0 Å². The molecule has 0 nitrogen and oxygen atoms in total. The van der Waals surface area contributed by atoms with Crippen molar-refractivity contribution in [2.75, 3.05) is 0 Å². The predicted molar refractivity (Wildman–Crippen MR) is 109 cm³/mol. The molecule has 4 aromatic carbocycles. The van der Waals surface area contributed by atoms with Crippen LogP contribution in [0.1, 0.15) is 30.4 Å². The maximum atomic E-state index is 2.36. The van der Waals surface area contributed by atoms with Crippen LogP contribution in [0.4, 0.5) is 0 Å². The molecule has 5 rings (SSSR count). The van der Waals surface area contributed by atoms with Gasteiger partial charge in [-0.15, -0.1) is 0 Å². The molecule has 25 heavy (non-hydrogen) atoms. The second-order valence-corrected chi connectivity index (χ2v) is 6.88. The van der Waals surface area contributed by atoms with Gasteiger partial charge in [0.25, 0.3) is 0 Å². The molecule has 0 heteroatoms. The second kappa shape index (κ2) is 5.60. The molecule has 0 saturated heterocycles. The molecule has 1 aliphatic carbocycles. The van der Waals surface area contributed by atoms with Gasteiger partial charge in [0.1, 0.15) is 0 Å². The third kappa shape index (κ3) is 2.14. The van der Waals surface area contributed by atoms with E-state index in [-0.39, 0.29) is 0 Å². The average Bonchev–Trinajstić information content (AvgIpc) is 3.09. The van der Waals surface area contributed by atoms with E-state index in [4.69, 9.17) is 0 Å². The summed E-state index contributed by atoms with van der Waals surface area (Å²) in [6.07, 6.45) is 5.85. The van der Waals surface area contributed by atoms with Crippen LogP contribution in [0.2, 0.25) is 0 Å². The van der Waals surface area contributed by atoms with E-state index in [1.54, 1.807) is 0 Å². The van der Waals surface area contributed by atoms with Gasteiger partial charge in [0.2, 0.25) is 0 Å². The summed E-state index contributed by atoms with van der Waals surface area (Å²) in [7, 11) is 0. The lowest BCUT2D eigenvalue weighted by Gasteiger charge is -2.16. The third-order valence-electron chi connectivity index (χ3n) is 5.51. The summed E-state index contributed by atoms with van der Waals surface area (Å²) < 4.78 is 0. The van der Waals surface area contributed by atoms with Crippen molar-refractivity contribution in [1.29, 1.82) is 0 Å². The molecule has 0 amide bonds. The Morgan fingerprint density at radius 1 is 0.760 bits per heavy atom. The van der Waals surface area contributed by atoms with Crippen molar-refractivity contribution in [2.24, 2.45) is 0 Å². The molecule has 1 aliphatic rings. The molecule has 0 fully saturated rings. The van der Waals surface area contributed by atoms with Crippen LogP contribution >= 0.6 is 0 Å². The smallest absolute Gasteiger partial charge is 0.00248 e. The Balaban J connectivity index is 1.93. The van der Waals surface area contributed by atoms with Gasteiger partial charge in [-0.25, -0.2) is 0 Å². The molecular formula is C25H20. The second-order valence-electron chi connectivity index (χ2n) is 6.88. The fraction of sp³-hybridized carbons (Fsp3) is 0.120. The van der Waals surface area contributed by atoms with E-state index >= 15 is 0 Å². The molecule has 0 saturated carbocycles. The monoisotopic (exact) mass is 320 g/mol. The van der Waals surface area contributed by atoms with Crippen molar-refractivity contribution in [3.8, 4) is 11.1 Å². The first-order chi connectivity index (χ1) is 12.4. The highest BCUT2D eigenvalue weighted by atomic mass is 14.2. The van der Waals surface area contributed by atoms with Crippen LogP contribution in [0.15, 0.2) is 78.9 Å². The van der Waals surface area contributed by atoms with Crippen molar-refractivity contribution < 1.29 is 0 Å². The predicted octanol–water partition coefficient (Wildman–Crippen LogP) is 7.18. The SMILES string of the molecule is CCC1C=Cc2c(-c3c4ccccc4cc4ccccc34)cccc21. The fourth-order valence-corrected chi connectivity index (χ4v) is 4.29. The topological polar surface area (TPSA) is 0 Å². The first kappa shape index (κ1) is 14.5. The lowest BCUT2D eigenvalue weighted by molar-refractivity contribution is 0.819. The van der Waals surface area contributed by atoms with Crippen LogP contribution in [0.3, 0.4) is 0 Å². The zero-order chi connectivity index (χ0) is 16.8. The Kier molecular flexibility index (Phi) is 3.24. The van der Waals surface area contributed by atoms with E-state index in [1.165, 1.54) is 43.8 Å². The van der Waals surface area contributed by atoms with E-state index in [2.05, 4.69) is 91.9 Å². The van der Waals surface area contributed by atoms with Gasteiger partial charge in [-0.1, -0.05) is 85.8 Å². The molecule has 120 valence electrons. The molecule has 0 N–H and O–H groups in total. The van der Waals surface area contributed by atoms with Gasteiger partial charge in [0.05, 0.1) is 0 Å². The average molecular weight is 320 g/mol. The van der Waals surface area contributed by atoms with Crippen LogP contribution in [0.25, 0.3) is 38.7 Å². The van der Waals surface area contributed by atoms with Gasteiger partial charge in [0.15, 0.2) is 0 Å². The first-order valence-electron chi connectivity index (χ1n) is 9.09. The van der Waals surface area contributed by atoms with Crippen molar-refractivity contribution in [3.05, 3.63) is 90.0 Å². The van der Waals surface area contributed by atoms with Crippen molar-refractivity contribution in [3.63, 3.8) is 0 Å². The lowest BCUT2D eigenvalue weighted by atomic mass is 9.87.